The van der Waals surface area contributed by atoms with E-state index in [4.69, 9.17) is 36.4 Å². The van der Waals surface area contributed by atoms with Crippen molar-refractivity contribution in [1.82, 2.24) is 9.97 Å². The molecule has 1 rings (SSSR count). The first-order valence-corrected chi connectivity index (χ1v) is 6.01. The fourth-order valence-electron chi connectivity index (χ4n) is 1.18. The highest BCUT2D eigenvalue weighted by Crippen LogP contribution is 2.03. The summed E-state index contributed by atoms with van der Waals surface area (Å²) in [5, 5.41) is 52.1. The number of rotatable bonds is 6. The number of nitrogens with zero attached hydrogens (tertiary/aromatic N) is 1. The predicted octanol–water partition coefficient (Wildman–Crippen LogP) is -4.53. The van der Waals surface area contributed by atoms with Crippen LogP contribution >= 0.6 is 0 Å². The van der Waals surface area contributed by atoms with Gasteiger partial charge in [-0.25, -0.2) is 4.79 Å². The number of aliphatic hydroxyl groups is 6. The zero-order chi connectivity index (χ0) is 17.3. The molecule has 0 unspecified atom stereocenters. The second kappa shape index (κ2) is 9.94. The first kappa shape index (κ1) is 20.1. The summed E-state index contributed by atoms with van der Waals surface area (Å²) in [6, 6.07) is 0. The van der Waals surface area contributed by atoms with Gasteiger partial charge in [-0.1, -0.05) is 0 Å². The SMILES string of the molecule is Nc1nc(=O)[nH]cc1CO.O=C[C@H](O)[C@@H](O)[C@H](O)[C@H](O)CO. The molecule has 11 nitrogen and oxygen atoms in total. The lowest BCUT2D eigenvalue weighted by Gasteiger charge is -2.22. The number of nitrogens with two attached hydrogens (primary N) is 1. The molecular formula is C11H19N3O8. The quantitative estimate of drug-likeness (QED) is 0.235. The van der Waals surface area contributed by atoms with Crippen molar-refractivity contribution in [2.75, 3.05) is 12.3 Å². The lowest BCUT2D eigenvalue weighted by Crippen LogP contribution is -2.46. The van der Waals surface area contributed by atoms with Gasteiger partial charge in [-0.15, -0.1) is 0 Å². The van der Waals surface area contributed by atoms with Crippen molar-refractivity contribution in [2.24, 2.45) is 0 Å². The number of aldehydes is 1. The Bertz CT molecular complexity index is 508. The number of nitrogens with one attached hydrogen (secondary N) is 1. The molecule has 0 saturated heterocycles. The monoisotopic (exact) mass is 321 g/mol. The standard InChI is InChI=1S/C6H12O6.C5H7N3O2/c7-1-3(9)5(11)6(12)4(10)2-8;6-4-3(2-9)1-7-5(10)8-4/h1,3-6,8-12H,2H2;1,9H,2H2,(H3,6,7,8,10)/t3-,4+,5+,6+;/m0./s1. The molecule has 0 aliphatic heterocycles. The Morgan fingerprint density at radius 1 is 1.23 bits per heavy atom. The lowest BCUT2D eigenvalue weighted by atomic mass is 10.0. The maximum atomic E-state index is 10.4. The number of H-pyrrole nitrogens is 1. The minimum Gasteiger partial charge on any atom is -0.394 e. The number of aromatic amines is 1. The molecule has 0 aromatic carbocycles. The van der Waals surface area contributed by atoms with E-state index in [0.29, 0.717) is 5.56 Å². The van der Waals surface area contributed by atoms with Crippen LogP contribution in [0.15, 0.2) is 11.0 Å². The Morgan fingerprint density at radius 3 is 2.23 bits per heavy atom. The summed E-state index contributed by atoms with van der Waals surface area (Å²) < 4.78 is 0. The number of carbonyl (C=O) groups excluding carboxylic acids is 1. The summed E-state index contributed by atoms with van der Waals surface area (Å²) in [6.07, 6.45) is -5.50. The fourth-order valence-corrected chi connectivity index (χ4v) is 1.18. The van der Waals surface area contributed by atoms with Crippen LogP contribution in [0.1, 0.15) is 5.56 Å². The highest BCUT2D eigenvalue weighted by molar-refractivity contribution is 5.56. The van der Waals surface area contributed by atoms with Gasteiger partial charge in [-0.2, -0.15) is 4.98 Å². The maximum Gasteiger partial charge on any atom is 0.346 e. The molecule has 0 fully saturated rings. The minimum atomic E-state index is -1.79. The summed E-state index contributed by atoms with van der Waals surface area (Å²) in [6.45, 7) is -0.973. The number of hydrogen-bond acceptors (Lipinski definition) is 10. The van der Waals surface area contributed by atoms with Crippen molar-refractivity contribution in [2.45, 2.75) is 31.0 Å². The number of anilines is 1. The first-order valence-electron chi connectivity index (χ1n) is 6.01. The molecule has 0 aliphatic carbocycles. The average molecular weight is 321 g/mol. The molecule has 4 atom stereocenters. The molecule has 126 valence electrons. The highest BCUT2D eigenvalue weighted by Gasteiger charge is 2.29. The second-order valence-corrected chi connectivity index (χ2v) is 4.13. The fraction of sp³-hybridized carbons (Fsp3) is 0.545. The third kappa shape index (κ3) is 6.26. The number of nitrogen functional groups attached to an aromatic ring is 1. The Labute approximate surface area is 124 Å². The highest BCUT2D eigenvalue weighted by atomic mass is 16.4. The van der Waals surface area contributed by atoms with Crippen molar-refractivity contribution >= 4 is 12.1 Å². The van der Waals surface area contributed by atoms with E-state index in [1.54, 1.807) is 0 Å². The number of carbonyl (C=O) groups is 1. The summed E-state index contributed by atoms with van der Waals surface area (Å²) in [5.41, 5.74) is 5.17. The van der Waals surface area contributed by atoms with Gasteiger partial charge in [0, 0.05) is 11.8 Å². The van der Waals surface area contributed by atoms with E-state index in [-0.39, 0.29) is 18.7 Å². The van der Waals surface area contributed by atoms with E-state index >= 15 is 0 Å². The molecule has 0 amide bonds. The van der Waals surface area contributed by atoms with Gasteiger partial charge in [0.05, 0.1) is 13.2 Å². The Kier molecular flexibility index (Phi) is 9.09. The Balaban J connectivity index is 0.000000406. The summed E-state index contributed by atoms with van der Waals surface area (Å²) in [5.74, 6) is 0.0752. The van der Waals surface area contributed by atoms with Crippen molar-refractivity contribution in [3.05, 3.63) is 22.2 Å². The average Bonchev–Trinajstić information content (AvgIpc) is 2.52. The van der Waals surface area contributed by atoms with Gasteiger partial charge in [-0.05, 0) is 0 Å². The van der Waals surface area contributed by atoms with E-state index in [2.05, 4.69) is 9.97 Å². The molecule has 0 spiro atoms. The van der Waals surface area contributed by atoms with E-state index in [0.717, 1.165) is 0 Å². The van der Waals surface area contributed by atoms with Crippen molar-refractivity contribution < 1.29 is 35.4 Å². The van der Waals surface area contributed by atoms with Gasteiger partial charge < -0.3 is 46.2 Å². The van der Waals surface area contributed by atoms with Gasteiger partial charge >= 0.3 is 5.69 Å². The lowest BCUT2D eigenvalue weighted by molar-refractivity contribution is -0.136. The Hall–Kier alpha value is -1.89. The largest absolute Gasteiger partial charge is 0.394 e. The minimum absolute atomic E-state index is 0.0258. The summed E-state index contributed by atoms with van der Waals surface area (Å²) in [7, 11) is 0. The van der Waals surface area contributed by atoms with Crippen LogP contribution < -0.4 is 11.4 Å². The zero-order valence-electron chi connectivity index (χ0n) is 11.4. The van der Waals surface area contributed by atoms with Crippen molar-refractivity contribution in [3.8, 4) is 0 Å². The number of aromatic nitrogens is 2. The smallest absolute Gasteiger partial charge is 0.346 e. The van der Waals surface area contributed by atoms with Crippen LogP contribution in [-0.4, -0.2) is 77.9 Å². The van der Waals surface area contributed by atoms with Gasteiger partial charge in [0.15, 0.2) is 6.29 Å². The van der Waals surface area contributed by atoms with Crippen LogP contribution in [0.25, 0.3) is 0 Å². The molecule has 1 heterocycles. The van der Waals surface area contributed by atoms with E-state index in [1.807, 2.05) is 0 Å². The van der Waals surface area contributed by atoms with Crippen LogP contribution in [0.5, 0.6) is 0 Å². The third-order valence-corrected chi connectivity index (χ3v) is 2.51. The van der Waals surface area contributed by atoms with Gasteiger partial charge in [0.2, 0.25) is 0 Å². The molecule has 9 N–H and O–H groups in total. The molecule has 0 bridgehead atoms. The molecule has 1 aromatic rings. The van der Waals surface area contributed by atoms with Crippen LogP contribution in [0.2, 0.25) is 0 Å². The topological polar surface area (TPSA) is 210 Å². The normalized spacial score (nSPS) is 15.9. The molecule has 1 aromatic heterocycles. The summed E-state index contributed by atoms with van der Waals surface area (Å²) in [4.78, 5) is 26.0. The Morgan fingerprint density at radius 2 is 1.82 bits per heavy atom. The molecule has 22 heavy (non-hydrogen) atoms. The molecule has 11 heteroatoms. The van der Waals surface area contributed by atoms with E-state index in [1.165, 1.54) is 6.20 Å². The predicted molar refractivity (Wildman–Crippen MR) is 72.4 cm³/mol. The van der Waals surface area contributed by atoms with Gasteiger partial charge in [0.25, 0.3) is 0 Å². The van der Waals surface area contributed by atoms with E-state index in [9.17, 15) is 9.59 Å². The van der Waals surface area contributed by atoms with Gasteiger partial charge in [-0.3, -0.25) is 0 Å². The van der Waals surface area contributed by atoms with Crippen LogP contribution in [0.3, 0.4) is 0 Å². The number of aliphatic hydroxyl groups excluding tert-OH is 6. The van der Waals surface area contributed by atoms with E-state index < -0.39 is 36.7 Å². The van der Waals surface area contributed by atoms with Crippen molar-refractivity contribution in [3.63, 3.8) is 0 Å². The first-order chi connectivity index (χ1) is 10.3. The van der Waals surface area contributed by atoms with Crippen LogP contribution in [-0.2, 0) is 11.4 Å². The molecular weight excluding hydrogens is 302 g/mol. The number of hydrogen-bond donors (Lipinski definition) is 8. The maximum absolute atomic E-state index is 10.4. The van der Waals surface area contributed by atoms with Crippen LogP contribution in [0, 0.1) is 0 Å². The second-order valence-electron chi connectivity index (χ2n) is 4.13. The van der Waals surface area contributed by atoms with Crippen molar-refractivity contribution in [1.29, 1.82) is 0 Å². The summed E-state index contributed by atoms with van der Waals surface area (Å²) >= 11 is 0. The van der Waals surface area contributed by atoms with Crippen LogP contribution in [0.4, 0.5) is 5.82 Å². The molecule has 0 radical (unpaired) electrons. The molecule has 0 aliphatic rings. The van der Waals surface area contributed by atoms with Gasteiger partial charge in [0.1, 0.15) is 30.2 Å². The molecule has 0 saturated carbocycles. The third-order valence-electron chi connectivity index (χ3n) is 2.51. The zero-order valence-corrected chi connectivity index (χ0v) is 11.4.